The topological polar surface area (TPSA) is 27.3 Å². The molecule has 0 aromatic carbocycles. The van der Waals surface area contributed by atoms with E-state index < -0.39 is 0 Å². The van der Waals surface area contributed by atoms with Crippen molar-refractivity contribution in [2.45, 2.75) is 0 Å². The number of hydrogen-bond donors (Lipinski definition) is 2. The summed E-state index contributed by atoms with van der Waals surface area (Å²) in [6.45, 7) is 1.92. The smallest absolute Gasteiger partial charge is 0.0623 e. The molecule has 0 amide bonds. The summed E-state index contributed by atoms with van der Waals surface area (Å²) in [5.74, 6) is 0. The van der Waals surface area contributed by atoms with Crippen LogP contribution in [0.25, 0.3) is 0 Å². The number of hydrazine groups is 1. The molecule has 36 valence electrons. The van der Waals surface area contributed by atoms with Crippen LogP contribution in [0.4, 0.5) is 0 Å². The molecule has 0 spiro atoms. The molecule has 0 saturated carbocycles. The van der Waals surface area contributed by atoms with E-state index in [9.17, 15) is 0 Å². The predicted molar refractivity (Wildman–Crippen MR) is 23.8 cm³/mol. The van der Waals surface area contributed by atoms with Gasteiger partial charge < -0.3 is 0 Å². The first-order chi connectivity index (χ1) is 2.89. The Labute approximate surface area is 37.3 Å². The van der Waals surface area contributed by atoms with Crippen molar-refractivity contribution in [2.24, 2.45) is 0 Å². The number of rotatable bonds is 0. The Balaban J connectivity index is 2.18. The standard InChI is InChI=1S/C3H9N3/c1-6-2-4-5-3-6/h4-5H,2-3H2,1H3. The van der Waals surface area contributed by atoms with Crippen LogP contribution >= 0.6 is 0 Å². The summed E-state index contributed by atoms with van der Waals surface area (Å²) in [6, 6.07) is 0. The first kappa shape index (κ1) is 4.05. The molecule has 1 saturated heterocycles. The van der Waals surface area contributed by atoms with Crippen molar-refractivity contribution >= 4 is 0 Å². The van der Waals surface area contributed by atoms with Gasteiger partial charge in [0.25, 0.3) is 0 Å². The zero-order chi connectivity index (χ0) is 4.41. The van der Waals surface area contributed by atoms with Crippen molar-refractivity contribution in [2.75, 3.05) is 20.4 Å². The third-order valence-electron chi connectivity index (χ3n) is 0.823. The Morgan fingerprint density at radius 1 is 1.33 bits per heavy atom. The van der Waals surface area contributed by atoms with E-state index in [2.05, 4.69) is 15.8 Å². The van der Waals surface area contributed by atoms with Gasteiger partial charge in [0.15, 0.2) is 0 Å². The molecule has 1 heterocycles. The Bertz CT molecular complexity index is 39.3. The van der Waals surface area contributed by atoms with Crippen LogP contribution in [-0.2, 0) is 0 Å². The molecular formula is C3H9N3. The minimum Gasteiger partial charge on any atom is -0.279 e. The molecule has 0 radical (unpaired) electrons. The highest BCUT2D eigenvalue weighted by molar-refractivity contribution is 4.49. The highest BCUT2D eigenvalue weighted by Crippen LogP contribution is 1.76. The molecule has 3 heteroatoms. The largest absolute Gasteiger partial charge is 0.279 e. The van der Waals surface area contributed by atoms with E-state index in [4.69, 9.17) is 0 Å². The highest BCUT2D eigenvalue weighted by atomic mass is 15.5. The molecule has 0 atom stereocenters. The maximum Gasteiger partial charge on any atom is 0.0623 e. The summed E-state index contributed by atoms with van der Waals surface area (Å²) in [6.07, 6.45) is 0. The normalized spacial score (nSPS) is 25.5. The number of nitrogens with one attached hydrogen (secondary N) is 2. The van der Waals surface area contributed by atoms with E-state index in [0.29, 0.717) is 0 Å². The molecule has 0 unspecified atom stereocenters. The maximum absolute atomic E-state index is 2.95. The molecule has 0 bridgehead atoms. The fraction of sp³-hybridized carbons (Fsp3) is 1.00. The zero-order valence-electron chi connectivity index (χ0n) is 3.86. The van der Waals surface area contributed by atoms with Gasteiger partial charge in [-0.2, -0.15) is 0 Å². The second-order valence-corrected chi connectivity index (χ2v) is 1.53. The fourth-order valence-electron chi connectivity index (χ4n) is 0.438. The Kier molecular flexibility index (Phi) is 1.05. The van der Waals surface area contributed by atoms with E-state index in [1.165, 1.54) is 0 Å². The lowest BCUT2D eigenvalue weighted by Gasteiger charge is -1.98. The van der Waals surface area contributed by atoms with E-state index in [0.717, 1.165) is 13.3 Å². The van der Waals surface area contributed by atoms with E-state index in [-0.39, 0.29) is 0 Å². The summed E-state index contributed by atoms with van der Waals surface area (Å²) >= 11 is 0. The minimum absolute atomic E-state index is 0.958. The molecule has 6 heavy (non-hydrogen) atoms. The van der Waals surface area contributed by atoms with Gasteiger partial charge in [0.05, 0.1) is 13.3 Å². The summed E-state index contributed by atoms with van der Waals surface area (Å²) in [5, 5.41) is 0. The van der Waals surface area contributed by atoms with Crippen LogP contribution in [0.2, 0.25) is 0 Å². The van der Waals surface area contributed by atoms with Gasteiger partial charge in [-0.15, -0.1) is 0 Å². The van der Waals surface area contributed by atoms with Crippen LogP contribution in [0, 0.1) is 0 Å². The van der Waals surface area contributed by atoms with Gasteiger partial charge in [0, 0.05) is 0 Å². The average Bonchev–Trinajstić information content (AvgIpc) is 1.86. The lowest BCUT2D eigenvalue weighted by atomic mass is 10.9. The zero-order valence-corrected chi connectivity index (χ0v) is 3.86. The quantitative estimate of drug-likeness (QED) is 0.394. The second-order valence-electron chi connectivity index (χ2n) is 1.53. The lowest BCUT2D eigenvalue weighted by Crippen LogP contribution is -2.21. The van der Waals surface area contributed by atoms with Crippen molar-refractivity contribution in [3.05, 3.63) is 0 Å². The molecule has 1 aliphatic heterocycles. The van der Waals surface area contributed by atoms with Crippen LogP contribution in [-0.4, -0.2) is 25.3 Å². The minimum atomic E-state index is 0.958. The first-order valence-corrected chi connectivity index (χ1v) is 2.04. The molecule has 1 fully saturated rings. The van der Waals surface area contributed by atoms with Crippen molar-refractivity contribution < 1.29 is 0 Å². The summed E-state index contributed by atoms with van der Waals surface area (Å²) in [7, 11) is 2.05. The molecule has 0 aromatic rings. The van der Waals surface area contributed by atoms with Gasteiger partial charge in [-0.1, -0.05) is 0 Å². The first-order valence-electron chi connectivity index (χ1n) is 2.04. The highest BCUT2D eigenvalue weighted by Gasteiger charge is 2.00. The van der Waals surface area contributed by atoms with Gasteiger partial charge in [-0.25, -0.2) is 10.9 Å². The van der Waals surface area contributed by atoms with Gasteiger partial charge in [0.2, 0.25) is 0 Å². The third-order valence-corrected chi connectivity index (χ3v) is 0.823. The third kappa shape index (κ3) is 0.680. The SMILES string of the molecule is CN1CNNC1. The van der Waals surface area contributed by atoms with Gasteiger partial charge in [-0.05, 0) is 7.05 Å². The monoisotopic (exact) mass is 87.1 g/mol. The molecule has 0 aliphatic carbocycles. The Hall–Kier alpha value is -0.120. The molecule has 1 rings (SSSR count). The van der Waals surface area contributed by atoms with Gasteiger partial charge in [-0.3, -0.25) is 4.90 Å². The van der Waals surface area contributed by atoms with Crippen molar-refractivity contribution in [1.29, 1.82) is 0 Å². The van der Waals surface area contributed by atoms with Crippen LogP contribution < -0.4 is 10.9 Å². The van der Waals surface area contributed by atoms with Crippen molar-refractivity contribution in [3.8, 4) is 0 Å². The second kappa shape index (κ2) is 1.55. The molecule has 1 aliphatic rings. The number of nitrogens with zero attached hydrogens (tertiary/aromatic N) is 1. The van der Waals surface area contributed by atoms with Crippen LogP contribution in [0.3, 0.4) is 0 Å². The molecule has 0 aromatic heterocycles. The Morgan fingerprint density at radius 2 is 1.83 bits per heavy atom. The molecule has 2 N–H and O–H groups in total. The molecular weight excluding hydrogens is 78.1 g/mol. The van der Waals surface area contributed by atoms with Crippen LogP contribution in [0.15, 0.2) is 0 Å². The van der Waals surface area contributed by atoms with Gasteiger partial charge in [0.1, 0.15) is 0 Å². The summed E-state index contributed by atoms with van der Waals surface area (Å²) in [4.78, 5) is 2.14. The van der Waals surface area contributed by atoms with Crippen LogP contribution in [0.1, 0.15) is 0 Å². The number of hydrogen-bond acceptors (Lipinski definition) is 3. The fourth-order valence-corrected chi connectivity index (χ4v) is 0.438. The van der Waals surface area contributed by atoms with E-state index >= 15 is 0 Å². The van der Waals surface area contributed by atoms with E-state index in [1.54, 1.807) is 0 Å². The van der Waals surface area contributed by atoms with Crippen molar-refractivity contribution in [3.63, 3.8) is 0 Å². The maximum atomic E-state index is 2.95. The van der Waals surface area contributed by atoms with Crippen molar-refractivity contribution in [1.82, 2.24) is 15.8 Å². The van der Waals surface area contributed by atoms with E-state index in [1.807, 2.05) is 7.05 Å². The summed E-state index contributed by atoms with van der Waals surface area (Å²) < 4.78 is 0. The Morgan fingerprint density at radius 3 is 2.00 bits per heavy atom. The summed E-state index contributed by atoms with van der Waals surface area (Å²) in [5.41, 5.74) is 5.90. The average molecular weight is 87.1 g/mol. The van der Waals surface area contributed by atoms with Gasteiger partial charge >= 0.3 is 0 Å². The van der Waals surface area contributed by atoms with Crippen LogP contribution in [0.5, 0.6) is 0 Å². The predicted octanol–water partition coefficient (Wildman–Crippen LogP) is -1.06. The molecule has 3 nitrogen and oxygen atoms in total. The lowest BCUT2D eigenvalue weighted by molar-refractivity contribution is 0.407.